The number of carboxylic acids is 1. The normalized spacial score (nSPS) is 12.8. The summed E-state index contributed by atoms with van der Waals surface area (Å²) in [7, 11) is 0. The lowest BCUT2D eigenvalue weighted by Gasteiger charge is -2.09. The molecule has 0 fully saturated rings. The van der Waals surface area contributed by atoms with Crippen LogP contribution in [0.3, 0.4) is 0 Å². The number of hydrogen-bond acceptors (Lipinski definition) is 4. The summed E-state index contributed by atoms with van der Waals surface area (Å²) in [6.07, 6.45) is 5.33. The molecule has 0 aliphatic heterocycles. The Labute approximate surface area is 138 Å². The van der Waals surface area contributed by atoms with Gasteiger partial charge in [-0.2, -0.15) is 5.10 Å². The van der Waals surface area contributed by atoms with Crippen LogP contribution in [-0.2, 0) is 19.4 Å². The van der Waals surface area contributed by atoms with Crippen LogP contribution in [-0.4, -0.2) is 25.8 Å². The highest BCUT2D eigenvalue weighted by Gasteiger charge is 2.29. The Bertz CT molecular complexity index is 953. The lowest BCUT2D eigenvalue weighted by atomic mass is 9.94. The summed E-state index contributed by atoms with van der Waals surface area (Å²) in [5.41, 5.74) is 5.57. The van der Waals surface area contributed by atoms with Crippen molar-refractivity contribution in [3.05, 3.63) is 58.4 Å². The predicted molar refractivity (Wildman–Crippen MR) is 87.1 cm³/mol. The van der Waals surface area contributed by atoms with Crippen LogP contribution in [0.2, 0.25) is 0 Å². The minimum Gasteiger partial charge on any atom is -0.475 e. The van der Waals surface area contributed by atoms with Crippen LogP contribution < -0.4 is 0 Å². The Morgan fingerprint density at radius 1 is 1.38 bits per heavy atom. The minimum absolute atomic E-state index is 0.0190. The summed E-state index contributed by atoms with van der Waals surface area (Å²) < 4.78 is 7.44. The van der Waals surface area contributed by atoms with Crippen molar-refractivity contribution in [3.63, 3.8) is 0 Å². The first-order chi connectivity index (χ1) is 11.5. The SMILES string of the molecule is Cc1ncccc1Cn1cc2c(n1)-c1c(oc(C(=O)O)c1C)CC2. The van der Waals surface area contributed by atoms with Gasteiger partial charge < -0.3 is 9.52 Å². The van der Waals surface area contributed by atoms with Crippen molar-refractivity contribution in [2.75, 3.05) is 0 Å². The Balaban J connectivity index is 1.76. The fraction of sp³-hybridized carbons (Fsp3) is 0.278. The van der Waals surface area contributed by atoms with Crippen molar-refractivity contribution in [3.8, 4) is 11.3 Å². The maximum Gasteiger partial charge on any atom is 0.372 e. The van der Waals surface area contributed by atoms with Crippen molar-refractivity contribution >= 4 is 5.97 Å². The smallest absolute Gasteiger partial charge is 0.372 e. The molecular formula is C18H17N3O3. The van der Waals surface area contributed by atoms with Gasteiger partial charge in [-0.15, -0.1) is 0 Å². The quantitative estimate of drug-likeness (QED) is 0.801. The molecule has 0 bridgehead atoms. The summed E-state index contributed by atoms with van der Waals surface area (Å²) in [5, 5.41) is 14.0. The number of carbonyl (C=O) groups is 1. The second-order valence-electron chi connectivity index (χ2n) is 6.11. The van der Waals surface area contributed by atoms with Crippen molar-refractivity contribution in [2.45, 2.75) is 33.2 Å². The van der Waals surface area contributed by atoms with Crippen molar-refractivity contribution in [1.29, 1.82) is 0 Å². The monoisotopic (exact) mass is 323 g/mol. The minimum atomic E-state index is -1.03. The molecule has 4 rings (SSSR count). The van der Waals surface area contributed by atoms with Gasteiger partial charge in [0.2, 0.25) is 5.76 Å². The number of pyridine rings is 1. The number of furan rings is 1. The van der Waals surface area contributed by atoms with Crippen LogP contribution in [0.4, 0.5) is 0 Å². The maximum atomic E-state index is 11.3. The fourth-order valence-electron chi connectivity index (χ4n) is 3.31. The number of aromatic carboxylic acids is 1. The van der Waals surface area contributed by atoms with Crippen molar-refractivity contribution in [1.82, 2.24) is 14.8 Å². The van der Waals surface area contributed by atoms with Gasteiger partial charge >= 0.3 is 5.97 Å². The standard InChI is InChI=1S/C18H17N3O3/c1-10-15-14(24-17(10)18(22)23)6-5-13-9-21(20-16(13)15)8-12-4-3-7-19-11(12)2/h3-4,7,9H,5-6,8H2,1-2H3,(H,22,23). The van der Waals surface area contributed by atoms with Gasteiger partial charge in [0, 0.05) is 35.6 Å². The molecule has 122 valence electrons. The van der Waals surface area contributed by atoms with Gasteiger partial charge in [0.25, 0.3) is 0 Å². The molecule has 0 radical (unpaired) electrons. The molecule has 3 aromatic heterocycles. The third-order valence-corrected chi connectivity index (χ3v) is 4.56. The van der Waals surface area contributed by atoms with E-state index in [2.05, 4.69) is 4.98 Å². The highest BCUT2D eigenvalue weighted by Crippen LogP contribution is 2.38. The second-order valence-corrected chi connectivity index (χ2v) is 6.11. The van der Waals surface area contributed by atoms with Crippen LogP contribution in [0.15, 0.2) is 28.9 Å². The largest absolute Gasteiger partial charge is 0.475 e. The maximum absolute atomic E-state index is 11.3. The number of carboxylic acid groups (broad SMARTS) is 1. The van der Waals surface area contributed by atoms with E-state index in [1.54, 1.807) is 13.1 Å². The van der Waals surface area contributed by atoms with E-state index in [9.17, 15) is 9.90 Å². The fourth-order valence-corrected chi connectivity index (χ4v) is 3.31. The average molecular weight is 323 g/mol. The summed E-state index contributed by atoms with van der Waals surface area (Å²) in [6.45, 7) is 4.41. The van der Waals surface area contributed by atoms with Crippen LogP contribution >= 0.6 is 0 Å². The summed E-state index contributed by atoms with van der Waals surface area (Å²) in [5.74, 6) is -0.292. The lowest BCUT2D eigenvalue weighted by Crippen LogP contribution is -2.03. The van der Waals surface area contributed by atoms with Crippen LogP contribution in [0.5, 0.6) is 0 Å². The van der Waals surface area contributed by atoms with Gasteiger partial charge in [0.1, 0.15) is 5.76 Å². The molecule has 6 nitrogen and oxygen atoms in total. The molecule has 1 aliphatic rings. The number of fused-ring (bicyclic) bond motifs is 3. The Hall–Kier alpha value is -2.89. The summed E-state index contributed by atoms with van der Waals surface area (Å²) >= 11 is 0. The molecular weight excluding hydrogens is 306 g/mol. The number of rotatable bonds is 3. The van der Waals surface area contributed by atoms with E-state index in [0.29, 0.717) is 18.5 Å². The molecule has 1 aliphatic carbocycles. The predicted octanol–water partition coefficient (Wildman–Crippen LogP) is 3.00. The van der Waals surface area contributed by atoms with E-state index >= 15 is 0 Å². The third-order valence-electron chi connectivity index (χ3n) is 4.56. The van der Waals surface area contributed by atoms with Crippen LogP contribution in [0.25, 0.3) is 11.3 Å². The topological polar surface area (TPSA) is 81.2 Å². The molecule has 0 amide bonds. The van der Waals surface area contributed by atoms with E-state index in [1.807, 2.05) is 29.9 Å². The summed E-state index contributed by atoms with van der Waals surface area (Å²) in [6, 6.07) is 3.96. The molecule has 6 heteroatoms. The van der Waals surface area contributed by atoms with E-state index in [0.717, 1.165) is 40.3 Å². The van der Waals surface area contributed by atoms with Gasteiger partial charge in [-0.05, 0) is 37.5 Å². The average Bonchev–Trinajstić information content (AvgIpc) is 3.10. The molecule has 0 spiro atoms. The molecule has 3 heterocycles. The second kappa shape index (κ2) is 5.33. The number of hydrogen-bond donors (Lipinski definition) is 1. The number of aromatic nitrogens is 3. The van der Waals surface area contributed by atoms with Gasteiger partial charge in [-0.3, -0.25) is 9.67 Å². The molecule has 0 unspecified atom stereocenters. The van der Waals surface area contributed by atoms with E-state index in [4.69, 9.17) is 9.52 Å². The van der Waals surface area contributed by atoms with Gasteiger partial charge in [0.05, 0.1) is 12.2 Å². The number of aryl methyl sites for hydroxylation is 3. The zero-order chi connectivity index (χ0) is 16.8. The Kier molecular flexibility index (Phi) is 3.26. The zero-order valence-corrected chi connectivity index (χ0v) is 13.5. The number of nitrogens with zero attached hydrogens (tertiary/aromatic N) is 3. The lowest BCUT2D eigenvalue weighted by molar-refractivity contribution is 0.0659. The van der Waals surface area contributed by atoms with E-state index < -0.39 is 5.97 Å². The molecule has 0 aromatic carbocycles. The highest BCUT2D eigenvalue weighted by molar-refractivity contribution is 5.90. The van der Waals surface area contributed by atoms with Gasteiger partial charge in [0.15, 0.2) is 0 Å². The highest BCUT2D eigenvalue weighted by atomic mass is 16.4. The molecule has 0 saturated carbocycles. The molecule has 0 saturated heterocycles. The van der Waals surface area contributed by atoms with Crippen molar-refractivity contribution < 1.29 is 14.3 Å². The Morgan fingerprint density at radius 3 is 2.96 bits per heavy atom. The van der Waals surface area contributed by atoms with Gasteiger partial charge in [-0.1, -0.05) is 6.07 Å². The molecule has 0 atom stereocenters. The van der Waals surface area contributed by atoms with Crippen LogP contribution in [0.1, 0.15) is 38.7 Å². The molecule has 3 aromatic rings. The van der Waals surface area contributed by atoms with Crippen LogP contribution in [0, 0.1) is 13.8 Å². The first-order valence-corrected chi connectivity index (χ1v) is 7.87. The first kappa shape index (κ1) is 14.7. The molecule has 24 heavy (non-hydrogen) atoms. The van der Waals surface area contributed by atoms with E-state index in [1.165, 1.54) is 0 Å². The summed E-state index contributed by atoms with van der Waals surface area (Å²) in [4.78, 5) is 15.6. The van der Waals surface area contributed by atoms with Gasteiger partial charge in [-0.25, -0.2) is 4.79 Å². The van der Waals surface area contributed by atoms with Crippen molar-refractivity contribution in [2.24, 2.45) is 0 Å². The zero-order valence-electron chi connectivity index (χ0n) is 13.5. The Morgan fingerprint density at radius 2 is 2.21 bits per heavy atom. The van der Waals surface area contributed by atoms with E-state index in [-0.39, 0.29) is 5.76 Å². The first-order valence-electron chi connectivity index (χ1n) is 7.87. The molecule has 1 N–H and O–H groups in total. The third kappa shape index (κ3) is 2.22.